The van der Waals surface area contributed by atoms with E-state index in [9.17, 15) is 4.39 Å². The lowest BCUT2D eigenvalue weighted by molar-refractivity contribution is 0.447. The number of guanidine groups is 1. The minimum atomic E-state index is -0.215. The highest BCUT2D eigenvalue weighted by Gasteiger charge is 2.22. The highest BCUT2D eigenvalue weighted by atomic mass is 19.1. The van der Waals surface area contributed by atoms with Crippen molar-refractivity contribution in [1.82, 2.24) is 20.0 Å². The normalized spacial score (nSPS) is 12.3. The molecule has 0 aliphatic heterocycles. The van der Waals surface area contributed by atoms with E-state index in [0.29, 0.717) is 13.1 Å². The molecule has 6 heteroatoms. The minimum Gasteiger partial charge on any atom is -0.355 e. The largest absolute Gasteiger partial charge is 0.355 e. The Morgan fingerprint density at radius 1 is 1.42 bits per heavy atom. The van der Waals surface area contributed by atoms with E-state index in [1.54, 1.807) is 23.9 Å². The van der Waals surface area contributed by atoms with Crippen LogP contribution in [0, 0.1) is 5.82 Å². The predicted molar refractivity (Wildman–Crippen MR) is 95.5 cm³/mol. The van der Waals surface area contributed by atoms with Crippen molar-refractivity contribution < 1.29 is 4.39 Å². The van der Waals surface area contributed by atoms with Crippen molar-refractivity contribution in [2.24, 2.45) is 12.0 Å². The number of aliphatic imine (C=N–C) groups is 1. The van der Waals surface area contributed by atoms with Gasteiger partial charge >= 0.3 is 0 Å². The molecule has 0 aliphatic carbocycles. The van der Waals surface area contributed by atoms with E-state index in [-0.39, 0.29) is 11.2 Å². The second-order valence-electron chi connectivity index (χ2n) is 6.67. The summed E-state index contributed by atoms with van der Waals surface area (Å²) in [4.78, 5) is 6.38. The zero-order chi connectivity index (χ0) is 17.7. The molecule has 5 nitrogen and oxygen atoms in total. The summed E-state index contributed by atoms with van der Waals surface area (Å²) in [5.41, 5.74) is 1.86. The third kappa shape index (κ3) is 4.57. The number of rotatable bonds is 5. The average Bonchev–Trinajstić information content (AvgIpc) is 2.93. The van der Waals surface area contributed by atoms with Crippen LogP contribution in [0.2, 0.25) is 0 Å². The number of halogens is 1. The number of aryl methyl sites for hydroxylation is 1. The number of aromatic nitrogens is 2. The van der Waals surface area contributed by atoms with Crippen LogP contribution in [0.25, 0.3) is 0 Å². The monoisotopic (exact) mass is 331 g/mol. The first kappa shape index (κ1) is 18.0. The Kier molecular flexibility index (Phi) is 5.59. The minimum absolute atomic E-state index is 0.210. The molecule has 0 aliphatic rings. The van der Waals surface area contributed by atoms with Gasteiger partial charge in [-0.2, -0.15) is 5.10 Å². The first-order valence-electron chi connectivity index (χ1n) is 7.97. The van der Waals surface area contributed by atoms with E-state index in [0.717, 1.165) is 17.1 Å². The van der Waals surface area contributed by atoms with Crippen LogP contribution < -0.4 is 5.32 Å². The third-order valence-corrected chi connectivity index (χ3v) is 4.05. The zero-order valence-electron chi connectivity index (χ0n) is 15.0. The molecule has 0 bridgehead atoms. The van der Waals surface area contributed by atoms with Crippen LogP contribution >= 0.6 is 0 Å². The lowest BCUT2D eigenvalue weighted by atomic mass is 9.84. The molecule has 2 aromatic rings. The molecule has 0 radical (unpaired) electrons. The summed E-state index contributed by atoms with van der Waals surface area (Å²) >= 11 is 0. The smallest absolute Gasteiger partial charge is 0.193 e. The molecule has 1 heterocycles. The summed E-state index contributed by atoms with van der Waals surface area (Å²) in [6.07, 6.45) is 3.83. The molecule has 130 valence electrons. The van der Waals surface area contributed by atoms with Gasteiger partial charge in [0.1, 0.15) is 5.82 Å². The van der Waals surface area contributed by atoms with Crippen molar-refractivity contribution in [2.75, 3.05) is 20.6 Å². The topological polar surface area (TPSA) is 45.5 Å². The zero-order valence-corrected chi connectivity index (χ0v) is 15.0. The van der Waals surface area contributed by atoms with Crippen LogP contribution in [0.15, 0.2) is 41.7 Å². The van der Waals surface area contributed by atoms with Crippen molar-refractivity contribution in [3.05, 3.63) is 53.6 Å². The molecular weight excluding hydrogens is 305 g/mol. The standard InChI is InChI=1S/C18H26FN5/c1-18(2,15-7-6-8-16(19)9-15)13-21-17(20-3)23(4)11-14-10-22-24(5)12-14/h6-10,12H,11,13H2,1-5H3,(H,20,21). The van der Waals surface area contributed by atoms with Gasteiger partial charge in [-0.15, -0.1) is 0 Å². The summed E-state index contributed by atoms with van der Waals surface area (Å²) in [6, 6.07) is 6.75. The van der Waals surface area contributed by atoms with Crippen molar-refractivity contribution in [2.45, 2.75) is 25.8 Å². The molecule has 1 aromatic heterocycles. The van der Waals surface area contributed by atoms with Gasteiger partial charge in [0.05, 0.1) is 6.20 Å². The first-order chi connectivity index (χ1) is 11.3. The quantitative estimate of drug-likeness (QED) is 0.676. The van der Waals surface area contributed by atoms with Crippen molar-refractivity contribution >= 4 is 5.96 Å². The van der Waals surface area contributed by atoms with Crippen LogP contribution in [0.4, 0.5) is 4.39 Å². The fraction of sp³-hybridized carbons (Fsp3) is 0.444. The lowest BCUT2D eigenvalue weighted by Crippen LogP contribution is -2.44. The number of benzene rings is 1. The van der Waals surface area contributed by atoms with Gasteiger partial charge in [-0.05, 0) is 17.7 Å². The van der Waals surface area contributed by atoms with E-state index < -0.39 is 0 Å². The Bertz CT molecular complexity index is 705. The SMILES string of the molecule is CN=C(NCC(C)(C)c1cccc(F)c1)N(C)Cc1cnn(C)c1. The van der Waals surface area contributed by atoms with Gasteiger partial charge in [-0.25, -0.2) is 4.39 Å². The molecule has 0 atom stereocenters. The molecule has 0 saturated heterocycles. The molecule has 0 amide bonds. The molecule has 2 rings (SSSR count). The lowest BCUT2D eigenvalue weighted by Gasteiger charge is -2.29. The van der Waals surface area contributed by atoms with E-state index in [1.807, 2.05) is 37.5 Å². The van der Waals surface area contributed by atoms with Gasteiger partial charge in [-0.3, -0.25) is 9.67 Å². The summed E-state index contributed by atoms with van der Waals surface area (Å²) in [5.74, 6) is 0.585. The first-order valence-corrected chi connectivity index (χ1v) is 7.97. The Labute approximate surface area is 143 Å². The second kappa shape index (κ2) is 7.47. The average molecular weight is 331 g/mol. The molecule has 1 aromatic carbocycles. The Hall–Kier alpha value is -2.37. The number of nitrogens with one attached hydrogen (secondary N) is 1. The number of hydrogen-bond acceptors (Lipinski definition) is 2. The highest BCUT2D eigenvalue weighted by Crippen LogP contribution is 2.22. The molecule has 1 N–H and O–H groups in total. The van der Waals surface area contributed by atoms with E-state index in [1.165, 1.54) is 6.07 Å². The van der Waals surface area contributed by atoms with Crippen LogP contribution in [0.1, 0.15) is 25.0 Å². The van der Waals surface area contributed by atoms with Crippen LogP contribution in [0.3, 0.4) is 0 Å². The molecule has 24 heavy (non-hydrogen) atoms. The molecular formula is C18H26FN5. The van der Waals surface area contributed by atoms with Crippen LogP contribution in [0.5, 0.6) is 0 Å². The fourth-order valence-electron chi connectivity index (χ4n) is 2.60. The van der Waals surface area contributed by atoms with Crippen LogP contribution in [-0.2, 0) is 19.0 Å². The second-order valence-corrected chi connectivity index (χ2v) is 6.67. The van der Waals surface area contributed by atoms with E-state index >= 15 is 0 Å². The summed E-state index contributed by atoms with van der Waals surface area (Å²) in [5, 5.41) is 7.56. The van der Waals surface area contributed by atoms with Gasteiger partial charge in [0.15, 0.2) is 5.96 Å². The Morgan fingerprint density at radius 2 is 2.17 bits per heavy atom. The summed E-state index contributed by atoms with van der Waals surface area (Å²) < 4.78 is 15.3. The summed E-state index contributed by atoms with van der Waals surface area (Å²) in [6.45, 7) is 5.54. The Morgan fingerprint density at radius 3 is 2.75 bits per heavy atom. The van der Waals surface area contributed by atoms with Crippen molar-refractivity contribution in [3.63, 3.8) is 0 Å². The van der Waals surface area contributed by atoms with E-state index in [2.05, 4.69) is 29.3 Å². The number of nitrogens with zero attached hydrogens (tertiary/aromatic N) is 4. The highest BCUT2D eigenvalue weighted by molar-refractivity contribution is 5.79. The maximum absolute atomic E-state index is 13.5. The fourth-order valence-corrected chi connectivity index (χ4v) is 2.60. The number of hydrogen-bond donors (Lipinski definition) is 1. The molecule has 0 spiro atoms. The van der Waals surface area contributed by atoms with Gasteiger partial charge in [0.2, 0.25) is 0 Å². The molecule has 0 fully saturated rings. The molecule has 0 saturated carbocycles. The van der Waals surface area contributed by atoms with Crippen molar-refractivity contribution in [3.8, 4) is 0 Å². The van der Waals surface area contributed by atoms with Gasteiger partial charge < -0.3 is 10.2 Å². The maximum atomic E-state index is 13.5. The maximum Gasteiger partial charge on any atom is 0.193 e. The summed E-state index contributed by atoms with van der Waals surface area (Å²) in [7, 11) is 5.65. The van der Waals surface area contributed by atoms with Crippen molar-refractivity contribution in [1.29, 1.82) is 0 Å². The predicted octanol–water partition coefficient (Wildman–Crippen LogP) is 2.54. The van der Waals surface area contributed by atoms with Crippen LogP contribution in [-0.4, -0.2) is 41.3 Å². The van der Waals surface area contributed by atoms with E-state index in [4.69, 9.17) is 0 Å². The van der Waals surface area contributed by atoms with Gasteiger partial charge in [-0.1, -0.05) is 26.0 Å². The Balaban J connectivity index is 1.99. The van der Waals surface area contributed by atoms with Gasteiger partial charge in [0, 0.05) is 51.4 Å². The molecule has 0 unspecified atom stereocenters. The third-order valence-electron chi connectivity index (χ3n) is 4.05. The van der Waals surface area contributed by atoms with Gasteiger partial charge in [0.25, 0.3) is 0 Å².